The number of benzene rings is 1. The number of furan rings is 1. The highest BCUT2D eigenvalue weighted by Gasteiger charge is 2.15. The Morgan fingerprint density at radius 3 is 2.61 bits per heavy atom. The Morgan fingerprint density at radius 2 is 2.00 bits per heavy atom. The zero-order chi connectivity index (χ0) is 13.1. The molecular weight excluding hydrogens is 297 g/mol. The number of hydrogen-bond acceptors (Lipinski definition) is 2. The average molecular weight is 312 g/mol. The van der Waals surface area contributed by atoms with Crippen molar-refractivity contribution >= 4 is 15.9 Å². The second kappa shape index (κ2) is 5.67. The van der Waals surface area contributed by atoms with E-state index < -0.39 is 0 Å². The smallest absolute Gasteiger partial charge is 0.124 e. The van der Waals surface area contributed by atoms with Gasteiger partial charge >= 0.3 is 0 Å². The minimum atomic E-state index is -0.239. The van der Waals surface area contributed by atoms with Crippen LogP contribution in [0.2, 0.25) is 0 Å². The minimum absolute atomic E-state index is 0.0973. The summed E-state index contributed by atoms with van der Waals surface area (Å²) in [6, 6.07) is 8.73. The summed E-state index contributed by atoms with van der Waals surface area (Å²) in [6.07, 6.45) is 1.66. The molecule has 0 aliphatic heterocycles. The van der Waals surface area contributed by atoms with Gasteiger partial charge in [0.2, 0.25) is 0 Å². The van der Waals surface area contributed by atoms with Crippen LogP contribution in [0.1, 0.15) is 37.3 Å². The minimum Gasteiger partial charge on any atom is -0.468 e. The summed E-state index contributed by atoms with van der Waals surface area (Å²) in [4.78, 5) is 0. The third-order valence-electron chi connectivity index (χ3n) is 2.90. The highest BCUT2D eigenvalue weighted by molar-refractivity contribution is 9.10. The lowest BCUT2D eigenvalue weighted by Gasteiger charge is -2.20. The lowest BCUT2D eigenvalue weighted by Crippen LogP contribution is -2.22. The number of hydrogen-bond donors (Lipinski definition) is 1. The van der Waals surface area contributed by atoms with E-state index in [-0.39, 0.29) is 17.9 Å². The van der Waals surface area contributed by atoms with E-state index >= 15 is 0 Å². The van der Waals surface area contributed by atoms with Gasteiger partial charge in [-0.25, -0.2) is 4.39 Å². The maximum absolute atomic E-state index is 13.0. The molecule has 2 rings (SSSR count). The van der Waals surface area contributed by atoms with E-state index in [0.717, 1.165) is 15.8 Å². The van der Waals surface area contributed by atoms with Gasteiger partial charge in [-0.3, -0.25) is 0 Å². The van der Waals surface area contributed by atoms with Gasteiger partial charge in [0, 0.05) is 10.5 Å². The van der Waals surface area contributed by atoms with Gasteiger partial charge in [-0.2, -0.15) is 0 Å². The molecule has 0 radical (unpaired) electrons. The lowest BCUT2D eigenvalue weighted by molar-refractivity contribution is 0.402. The fourth-order valence-corrected chi connectivity index (χ4v) is 2.63. The summed E-state index contributed by atoms with van der Waals surface area (Å²) < 4.78 is 19.2. The molecule has 2 aromatic rings. The van der Waals surface area contributed by atoms with Gasteiger partial charge in [-0.05, 0) is 43.7 Å². The van der Waals surface area contributed by atoms with Crippen molar-refractivity contribution in [2.75, 3.05) is 0 Å². The molecule has 2 atom stereocenters. The van der Waals surface area contributed by atoms with Gasteiger partial charge in [0.1, 0.15) is 11.6 Å². The van der Waals surface area contributed by atoms with Crippen molar-refractivity contribution in [3.63, 3.8) is 0 Å². The highest BCUT2D eigenvalue weighted by Crippen LogP contribution is 2.26. The SMILES string of the molecule is CC(N[C@@H](C)c1ccco1)c1ccc(F)cc1Br. The van der Waals surface area contributed by atoms with Crippen LogP contribution in [0.25, 0.3) is 0 Å². The van der Waals surface area contributed by atoms with Crippen LogP contribution in [0.4, 0.5) is 4.39 Å². The Bertz CT molecular complexity index is 513. The molecule has 0 bridgehead atoms. The monoisotopic (exact) mass is 311 g/mol. The Kier molecular flexibility index (Phi) is 4.19. The first-order valence-electron chi connectivity index (χ1n) is 5.82. The van der Waals surface area contributed by atoms with Gasteiger partial charge < -0.3 is 9.73 Å². The molecular formula is C14H15BrFNO. The Hall–Kier alpha value is -1.13. The standard InChI is InChI=1S/C14H15BrFNO/c1-9(12-6-5-11(16)8-13(12)15)17-10(2)14-4-3-7-18-14/h3-10,17H,1-2H3/t9?,10-/m0/s1. The van der Waals surface area contributed by atoms with Crippen molar-refractivity contribution in [3.8, 4) is 0 Å². The molecule has 0 fully saturated rings. The molecule has 0 amide bonds. The van der Waals surface area contributed by atoms with E-state index in [2.05, 4.69) is 21.2 Å². The molecule has 0 saturated heterocycles. The van der Waals surface area contributed by atoms with Crippen LogP contribution >= 0.6 is 15.9 Å². The van der Waals surface area contributed by atoms with Gasteiger partial charge in [0.15, 0.2) is 0 Å². The first-order valence-corrected chi connectivity index (χ1v) is 6.61. The summed E-state index contributed by atoms with van der Waals surface area (Å²) in [5, 5.41) is 3.41. The first-order chi connectivity index (χ1) is 8.58. The normalized spacial score (nSPS) is 14.4. The maximum Gasteiger partial charge on any atom is 0.124 e. The zero-order valence-corrected chi connectivity index (χ0v) is 11.9. The predicted molar refractivity (Wildman–Crippen MR) is 72.8 cm³/mol. The molecule has 0 spiro atoms. The van der Waals surface area contributed by atoms with Crippen LogP contribution < -0.4 is 5.32 Å². The van der Waals surface area contributed by atoms with Crippen LogP contribution in [-0.4, -0.2) is 0 Å². The van der Waals surface area contributed by atoms with Crippen LogP contribution in [0, 0.1) is 5.82 Å². The molecule has 0 aliphatic rings. The van der Waals surface area contributed by atoms with Gasteiger partial charge in [0.25, 0.3) is 0 Å². The Labute approximate surface area is 114 Å². The second-order valence-electron chi connectivity index (χ2n) is 4.29. The van der Waals surface area contributed by atoms with E-state index in [9.17, 15) is 4.39 Å². The van der Waals surface area contributed by atoms with Crippen molar-refractivity contribution in [2.45, 2.75) is 25.9 Å². The molecule has 1 heterocycles. The molecule has 18 heavy (non-hydrogen) atoms. The quantitative estimate of drug-likeness (QED) is 0.893. The molecule has 0 aliphatic carbocycles. The summed E-state index contributed by atoms with van der Waals surface area (Å²) in [5.74, 6) is 0.650. The summed E-state index contributed by atoms with van der Waals surface area (Å²) in [6.45, 7) is 4.07. The van der Waals surface area contributed by atoms with E-state index in [1.165, 1.54) is 12.1 Å². The van der Waals surface area contributed by atoms with Crippen molar-refractivity contribution in [1.29, 1.82) is 0 Å². The third kappa shape index (κ3) is 3.00. The number of nitrogens with one attached hydrogen (secondary N) is 1. The largest absolute Gasteiger partial charge is 0.468 e. The topological polar surface area (TPSA) is 25.2 Å². The third-order valence-corrected chi connectivity index (χ3v) is 3.59. The fourth-order valence-electron chi connectivity index (χ4n) is 1.94. The number of rotatable bonds is 4. The van der Waals surface area contributed by atoms with E-state index in [0.29, 0.717) is 0 Å². The molecule has 4 heteroatoms. The first kappa shape index (κ1) is 13.3. The molecule has 1 unspecified atom stereocenters. The lowest BCUT2D eigenvalue weighted by atomic mass is 10.1. The maximum atomic E-state index is 13.0. The number of halogens is 2. The van der Waals surface area contributed by atoms with Crippen LogP contribution in [0.3, 0.4) is 0 Å². The van der Waals surface area contributed by atoms with Gasteiger partial charge in [-0.15, -0.1) is 0 Å². The van der Waals surface area contributed by atoms with Crippen molar-refractivity contribution in [1.82, 2.24) is 5.32 Å². The van der Waals surface area contributed by atoms with E-state index in [1.54, 1.807) is 12.3 Å². The van der Waals surface area contributed by atoms with Crippen molar-refractivity contribution in [3.05, 3.63) is 58.2 Å². The summed E-state index contributed by atoms with van der Waals surface area (Å²) in [5.41, 5.74) is 1.02. The van der Waals surface area contributed by atoms with Crippen molar-refractivity contribution in [2.24, 2.45) is 0 Å². The molecule has 2 nitrogen and oxygen atoms in total. The van der Waals surface area contributed by atoms with Gasteiger partial charge in [-0.1, -0.05) is 22.0 Å². The molecule has 1 aromatic carbocycles. The van der Waals surface area contributed by atoms with Crippen LogP contribution in [-0.2, 0) is 0 Å². The van der Waals surface area contributed by atoms with E-state index in [4.69, 9.17) is 4.42 Å². The van der Waals surface area contributed by atoms with E-state index in [1.807, 2.05) is 26.0 Å². The molecule has 96 valence electrons. The predicted octanol–water partition coefficient (Wildman–Crippen LogP) is 4.59. The molecule has 1 aromatic heterocycles. The Morgan fingerprint density at radius 1 is 1.22 bits per heavy atom. The summed E-state index contributed by atoms with van der Waals surface area (Å²) in [7, 11) is 0. The summed E-state index contributed by atoms with van der Waals surface area (Å²) >= 11 is 3.38. The second-order valence-corrected chi connectivity index (χ2v) is 5.15. The average Bonchev–Trinajstić information content (AvgIpc) is 2.81. The van der Waals surface area contributed by atoms with Crippen LogP contribution in [0.5, 0.6) is 0 Å². The van der Waals surface area contributed by atoms with Crippen LogP contribution in [0.15, 0.2) is 45.5 Å². The Balaban J connectivity index is 2.10. The van der Waals surface area contributed by atoms with Crippen molar-refractivity contribution < 1.29 is 8.81 Å². The van der Waals surface area contributed by atoms with Gasteiger partial charge in [0.05, 0.1) is 12.3 Å². The molecule has 1 N–H and O–H groups in total. The molecule has 0 saturated carbocycles. The zero-order valence-electron chi connectivity index (χ0n) is 10.3. The highest BCUT2D eigenvalue weighted by atomic mass is 79.9. The fraction of sp³-hybridized carbons (Fsp3) is 0.286.